The van der Waals surface area contributed by atoms with Crippen LogP contribution in [-0.4, -0.2) is 75.9 Å². The number of ether oxygens (including phenoxy) is 1. The lowest BCUT2D eigenvalue weighted by molar-refractivity contribution is -0.132. The molecule has 4 rings (SSSR count). The van der Waals surface area contributed by atoms with Gasteiger partial charge in [0.2, 0.25) is 5.91 Å². The van der Waals surface area contributed by atoms with Gasteiger partial charge in [-0.05, 0) is 81.9 Å². The number of hydrogen-bond acceptors (Lipinski definition) is 6. The number of hydrogen-bond donors (Lipinski definition) is 3. The molecule has 1 aromatic rings. The topological polar surface area (TPSA) is 90.9 Å². The molecular formula is C33H53N3O4S. The van der Waals surface area contributed by atoms with Crippen LogP contribution in [0, 0.1) is 17.8 Å². The highest BCUT2D eigenvalue weighted by Gasteiger charge is 2.42. The predicted octanol–water partition coefficient (Wildman–Crippen LogP) is 5.40. The maximum absolute atomic E-state index is 13.5. The Morgan fingerprint density at radius 2 is 1.80 bits per heavy atom. The molecule has 8 heteroatoms. The van der Waals surface area contributed by atoms with Crippen molar-refractivity contribution in [3.8, 4) is 0 Å². The monoisotopic (exact) mass is 587 g/mol. The molecule has 3 aliphatic rings. The van der Waals surface area contributed by atoms with E-state index in [1.165, 1.54) is 25.7 Å². The maximum atomic E-state index is 13.5. The molecule has 0 spiro atoms. The molecular weight excluding hydrogens is 534 g/mol. The molecule has 2 amide bonds. The van der Waals surface area contributed by atoms with E-state index in [4.69, 9.17) is 4.74 Å². The number of β-amino-alcohol motifs (C(OH)–C–C–N with tert-alkyl or cyclic N) is 1. The van der Waals surface area contributed by atoms with Gasteiger partial charge < -0.3 is 20.5 Å². The summed E-state index contributed by atoms with van der Waals surface area (Å²) >= 11 is 1.89. The first-order valence-electron chi connectivity index (χ1n) is 15.9. The third kappa shape index (κ3) is 9.62. The average molecular weight is 588 g/mol. The Balaban J connectivity index is 1.47. The number of piperidine rings is 1. The lowest BCUT2D eigenvalue weighted by atomic mass is 9.72. The Hall–Kier alpha value is -1.77. The van der Waals surface area contributed by atoms with Crippen LogP contribution in [0.4, 0.5) is 4.79 Å². The van der Waals surface area contributed by atoms with Crippen molar-refractivity contribution < 1.29 is 19.4 Å². The van der Waals surface area contributed by atoms with E-state index in [-0.39, 0.29) is 23.6 Å². The molecule has 7 atom stereocenters. The summed E-state index contributed by atoms with van der Waals surface area (Å²) in [6.07, 6.45) is 6.62. The number of fused-ring (bicyclic) bond motifs is 1. The summed E-state index contributed by atoms with van der Waals surface area (Å²) in [5.74, 6) is 2.70. The number of aliphatic hydroxyl groups is 1. The molecule has 0 aromatic heterocycles. The van der Waals surface area contributed by atoms with Gasteiger partial charge in [-0.1, -0.05) is 63.4 Å². The summed E-state index contributed by atoms with van der Waals surface area (Å²) in [6, 6.07) is 9.15. The van der Waals surface area contributed by atoms with Crippen molar-refractivity contribution >= 4 is 23.8 Å². The minimum absolute atomic E-state index is 0.0376. The van der Waals surface area contributed by atoms with E-state index < -0.39 is 18.2 Å². The van der Waals surface area contributed by atoms with Crippen molar-refractivity contribution in [1.29, 1.82) is 0 Å². The fourth-order valence-electron chi connectivity index (χ4n) is 6.92. The molecule has 1 aromatic carbocycles. The van der Waals surface area contributed by atoms with Gasteiger partial charge in [-0.2, -0.15) is 11.8 Å². The van der Waals surface area contributed by atoms with Gasteiger partial charge in [-0.3, -0.25) is 9.69 Å². The summed E-state index contributed by atoms with van der Waals surface area (Å²) < 4.78 is 5.96. The number of benzene rings is 1. The number of nitrogens with zero attached hydrogens (tertiary/aromatic N) is 1. The van der Waals surface area contributed by atoms with Gasteiger partial charge in [-0.15, -0.1) is 0 Å². The molecule has 41 heavy (non-hydrogen) atoms. The number of likely N-dealkylation sites (tertiary alicyclic amines) is 1. The van der Waals surface area contributed by atoms with E-state index in [9.17, 15) is 14.7 Å². The number of alkyl carbamates (subject to hydrolysis) is 1. The third-order valence-electron chi connectivity index (χ3n) is 8.90. The highest BCUT2D eigenvalue weighted by Crippen LogP contribution is 2.39. The Morgan fingerprint density at radius 1 is 1.10 bits per heavy atom. The minimum atomic E-state index is -0.850. The summed E-state index contributed by atoms with van der Waals surface area (Å²) in [5, 5.41) is 18.2. The quantitative estimate of drug-likeness (QED) is 0.340. The molecule has 1 aliphatic carbocycles. The molecule has 0 unspecified atom stereocenters. The van der Waals surface area contributed by atoms with Crippen LogP contribution in [-0.2, 0) is 16.0 Å². The highest BCUT2D eigenvalue weighted by atomic mass is 32.2. The van der Waals surface area contributed by atoms with E-state index in [0.29, 0.717) is 36.0 Å². The largest absolute Gasteiger partial charge is 0.445 e. The first-order chi connectivity index (χ1) is 19.5. The first-order valence-corrected chi connectivity index (χ1v) is 16.9. The second-order valence-electron chi connectivity index (χ2n) is 14.0. The average Bonchev–Trinajstić information content (AvgIpc) is 3.32. The van der Waals surface area contributed by atoms with Gasteiger partial charge in [0.05, 0.1) is 18.2 Å². The number of nitrogens with one attached hydrogen (secondary N) is 2. The number of carbonyl (C=O) groups is 2. The SMILES string of the molecule is CC(C)C[C@@H]1SCC[C@@H]1OC(=O)N[C@@H](Cc1ccccc1)[C@H](O)CN1C[C@H]2CCCC[C@H]2C[C@H]1C(=O)NC(C)(C)C. The first kappa shape index (κ1) is 32.2. The second-order valence-corrected chi connectivity index (χ2v) is 15.4. The summed E-state index contributed by atoms with van der Waals surface area (Å²) in [4.78, 5) is 28.9. The van der Waals surface area contributed by atoms with Gasteiger partial charge >= 0.3 is 6.09 Å². The van der Waals surface area contributed by atoms with Gasteiger partial charge in [0.15, 0.2) is 0 Å². The third-order valence-corrected chi connectivity index (χ3v) is 10.3. The molecule has 1 saturated carbocycles. The van der Waals surface area contributed by atoms with Crippen molar-refractivity contribution in [3.05, 3.63) is 35.9 Å². The fraction of sp³-hybridized carbons (Fsp3) is 0.758. The number of carbonyl (C=O) groups excluding carboxylic acids is 2. The van der Waals surface area contributed by atoms with Gasteiger partial charge in [0.25, 0.3) is 0 Å². The standard InChI is InChI=1S/C33H53N3O4S/c1-22(2)17-30-29(15-16-41-30)40-32(39)34-26(18-23-11-7-6-8-12-23)28(37)21-36-20-25-14-10-9-13-24(25)19-27(36)31(38)35-33(3,4)5/h6-8,11-12,22,24-30,37H,9-10,13-21H2,1-5H3,(H,34,39)(H,35,38)/t24-,25+,26-,27-,28+,29-,30-/m0/s1. The Labute approximate surface area is 251 Å². The molecule has 2 heterocycles. The van der Waals surface area contributed by atoms with Crippen molar-refractivity contribution in [2.75, 3.05) is 18.8 Å². The van der Waals surface area contributed by atoms with Crippen LogP contribution in [0.5, 0.6) is 0 Å². The number of aliphatic hydroxyl groups excluding tert-OH is 1. The predicted molar refractivity (Wildman–Crippen MR) is 167 cm³/mol. The van der Waals surface area contributed by atoms with Crippen LogP contribution in [0.1, 0.15) is 85.1 Å². The number of amides is 2. The number of rotatable bonds is 10. The molecule has 7 nitrogen and oxygen atoms in total. The Morgan fingerprint density at radius 3 is 2.49 bits per heavy atom. The van der Waals surface area contributed by atoms with Crippen LogP contribution in [0.25, 0.3) is 0 Å². The second kappa shape index (κ2) is 14.6. The molecule has 230 valence electrons. The zero-order chi connectivity index (χ0) is 29.6. The molecule has 3 N–H and O–H groups in total. The highest BCUT2D eigenvalue weighted by molar-refractivity contribution is 8.00. The van der Waals surface area contributed by atoms with E-state index in [1.54, 1.807) is 0 Å². The Bertz CT molecular complexity index is 984. The Kier molecular flexibility index (Phi) is 11.5. The molecule has 2 aliphatic heterocycles. The molecule has 0 radical (unpaired) electrons. The molecule has 3 fully saturated rings. The van der Waals surface area contributed by atoms with E-state index in [1.807, 2.05) is 62.9 Å². The van der Waals surface area contributed by atoms with Crippen LogP contribution in [0.2, 0.25) is 0 Å². The van der Waals surface area contributed by atoms with Crippen molar-refractivity contribution in [3.63, 3.8) is 0 Å². The molecule has 2 saturated heterocycles. The normalized spacial score (nSPS) is 28.5. The van der Waals surface area contributed by atoms with Crippen LogP contribution < -0.4 is 10.6 Å². The van der Waals surface area contributed by atoms with Crippen LogP contribution in [0.3, 0.4) is 0 Å². The lowest BCUT2D eigenvalue weighted by Crippen LogP contribution is -2.60. The van der Waals surface area contributed by atoms with E-state index in [0.717, 1.165) is 37.1 Å². The van der Waals surface area contributed by atoms with E-state index >= 15 is 0 Å². The smallest absolute Gasteiger partial charge is 0.407 e. The lowest BCUT2D eigenvalue weighted by Gasteiger charge is -2.47. The summed E-state index contributed by atoms with van der Waals surface area (Å²) in [6.45, 7) is 11.6. The summed E-state index contributed by atoms with van der Waals surface area (Å²) in [7, 11) is 0. The summed E-state index contributed by atoms with van der Waals surface area (Å²) in [5.41, 5.74) is 0.719. The van der Waals surface area contributed by atoms with E-state index in [2.05, 4.69) is 29.4 Å². The van der Waals surface area contributed by atoms with Crippen molar-refractivity contribution in [1.82, 2.24) is 15.5 Å². The van der Waals surface area contributed by atoms with Crippen LogP contribution >= 0.6 is 11.8 Å². The van der Waals surface area contributed by atoms with Crippen molar-refractivity contribution in [2.45, 2.75) is 121 Å². The number of thioether (sulfide) groups is 1. The minimum Gasteiger partial charge on any atom is -0.445 e. The van der Waals surface area contributed by atoms with Crippen LogP contribution in [0.15, 0.2) is 30.3 Å². The zero-order valence-corrected chi connectivity index (χ0v) is 26.6. The fourth-order valence-corrected chi connectivity index (χ4v) is 8.52. The molecule has 0 bridgehead atoms. The maximum Gasteiger partial charge on any atom is 0.407 e. The van der Waals surface area contributed by atoms with Crippen molar-refractivity contribution in [2.24, 2.45) is 17.8 Å². The van der Waals surface area contributed by atoms with Gasteiger partial charge in [0.1, 0.15) is 6.10 Å². The van der Waals surface area contributed by atoms with Gasteiger partial charge in [0, 0.05) is 23.9 Å². The zero-order valence-electron chi connectivity index (χ0n) is 25.8. The van der Waals surface area contributed by atoms with Gasteiger partial charge in [-0.25, -0.2) is 4.79 Å².